The minimum absolute atomic E-state index is 0.337. The predicted octanol–water partition coefficient (Wildman–Crippen LogP) is 4.01. The van der Waals surface area contributed by atoms with Gasteiger partial charge < -0.3 is 13.9 Å². The Labute approximate surface area is 142 Å². The highest BCUT2D eigenvalue weighted by atomic mass is 16.4. The Hall–Kier alpha value is -1.59. The van der Waals surface area contributed by atoms with Crippen LogP contribution in [-0.2, 0) is 6.54 Å². The molecule has 1 aliphatic carbocycles. The first-order valence-corrected chi connectivity index (χ1v) is 9.19. The van der Waals surface area contributed by atoms with Crippen molar-refractivity contribution in [1.29, 1.82) is 0 Å². The summed E-state index contributed by atoms with van der Waals surface area (Å²) in [7, 11) is 0. The minimum Gasteiger partial charge on any atom is -0.467 e. The molecule has 0 bridgehead atoms. The average Bonchev–Trinajstić information content (AvgIpc) is 3.15. The minimum atomic E-state index is -0.544. The Morgan fingerprint density at radius 3 is 2.96 bits per heavy atom. The summed E-state index contributed by atoms with van der Waals surface area (Å²) in [6.45, 7) is 1.78. The van der Waals surface area contributed by atoms with Crippen molar-refractivity contribution in [1.82, 2.24) is 9.88 Å². The molecule has 2 aromatic rings. The number of aliphatic hydroxyl groups is 1. The van der Waals surface area contributed by atoms with Crippen LogP contribution in [0.15, 0.2) is 33.4 Å². The van der Waals surface area contributed by atoms with E-state index in [1.54, 1.807) is 6.26 Å². The summed E-state index contributed by atoms with van der Waals surface area (Å²) in [6, 6.07) is 4.01. The zero-order valence-electron chi connectivity index (χ0n) is 14.1. The molecule has 5 heteroatoms. The number of aromatic nitrogens is 1. The van der Waals surface area contributed by atoms with Crippen molar-refractivity contribution < 1.29 is 13.9 Å². The van der Waals surface area contributed by atoms with Gasteiger partial charge in [0.25, 0.3) is 0 Å². The lowest BCUT2D eigenvalue weighted by molar-refractivity contribution is 0.0788. The molecule has 1 N–H and O–H groups in total. The van der Waals surface area contributed by atoms with Crippen molar-refractivity contribution in [3.05, 3.63) is 42.0 Å². The van der Waals surface area contributed by atoms with Crippen LogP contribution in [0.5, 0.6) is 0 Å². The zero-order chi connectivity index (χ0) is 16.4. The first-order valence-electron chi connectivity index (χ1n) is 9.19. The molecule has 0 unspecified atom stereocenters. The van der Waals surface area contributed by atoms with E-state index in [0.29, 0.717) is 24.1 Å². The van der Waals surface area contributed by atoms with Crippen LogP contribution in [0, 0.1) is 0 Å². The molecule has 2 fully saturated rings. The quantitative estimate of drug-likeness (QED) is 0.867. The molecule has 5 nitrogen and oxygen atoms in total. The summed E-state index contributed by atoms with van der Waals surface area (Å²) in [5, 5.41) is 10.5. The van der Waals surface area contributed by atoms with E-state index in [0.717, 1.165) is 31.2 Å². The van der Waals surface area contributed by atoms with E-state index < -0.39 is 6.10 Å². The number of nitrogens with zero attached hydrogens (tertiary/aromatic N) is 2. The zero-order valence-corrected chi connectivity index (χ0v) is 14.1. The van der Waals surface area contributed by atoms with Crippen LogP contribution in [0.3, 0.4) is 0 Å². The van der Waals surface area contributed by atoms with Gasteiger partial charge in [-0.05, 0) is 50.8 Å². The number of hydrogen-bond acceptors (Lipinski definition) is 5. The number of furan rings is 1. The normalized spacial score (nSPS) is 24.0. The van der Waals surface area contributed by atoms with Gasteiger partial charge in [-0.3, -0.25) is 4.90 Å². The number of likely N-dealkylation sites (tertiary alicyclic amines) is 1. The molecule has 2 aromatic heterocycles. The third-order valence-corrected chi connectivity index (χ3v) is 5.26. The van der Waals surface area contributed by atoms with Gasteiger partial charge in [0.05, 0.1) is 19.0 Å². The van der Waals surface area contributed by atoms with Crippen molar-refractivity contribution in [2.24, 2.45) is 0 Å². The second kappa shape index (κ2) is 7.11. The van der Waals surface area contributed by atoms with Gasteiger partial charge in [0, 0.05) is 12.0 Å². The van der Waals surface area contributed by atoms with E-state index >= 15 is 0 Å². The number of aliphatic hydroxyl groups excluding tert-OH is 1. The van der Waals surface area contributed by atoms with Crippen LogP contribution in [-0.4, -0.2) is 27.6 Å². The van der Waals surface area contributed by atoms with E-state index in [4.69, 9.17) is 8.83 Å². The predicted molar refractivity (Wildman–Crippen MR) is 89.4 cm³/mol. The van der Waals surface area contributed by atoms with Crippen LogP contribution in [0.4, 0.5) is 0 Å². The highest BCUT2D eigenvalue weighted by Gasteiger charge is 2.29. The fourth-order valence-electron chi connectivity index (χ4n) is 3.69. The Bertz CT molecular complexity index is 633. The Morgan fingerprint density at radius 1 is 1.25 bits per heavy atom. The van der Waals surface area contributed by atoms with Gasteiger partial charge in [-0.25, -0.2) is 4.98 Å². The summed E-state index contributed by atoms with van der Waals surface area (Å²) in [5.74, 6) is 3.13. The van der Waals surface area contributed by atoms with Gasteiger partial charge >= 0.3 is 0 Å². The number of hydrogen-bond donors (Lipinski definition) is 1. The third-order valence-electron chi connectivity index (χ3n) is 5.26. The molecule has 0 spiro atoms. The lowest BCUT2D eigenvalue weighted by atomic mass is 10.0. The summed E-state index contributed by atoms with van der Waals surface area (Å²) < 4.78 is 11.3. The van der Waals surface area contributed by atoms with Crippen molar-refractivity contribution in [2.45, 2.75) is 69.6 Å². The smallest absolute Gasteiger partial charge is 0.208 e. The molecule has 1 saturated heterocycles. The van der Waals surface area contributed by atoms with E-state index in [9.17, 15) is 5.11 Å². The molecule has 0 radical (unpaired) electrons. The standard InChI is InChI=1S/C19H26N2O3/c22-16(17-6-4-10-23-17)11-15-5-2-1-3-9-21(15)13-19-20-12-18(24-19)14-7-8-14/h4,6,10,12,14-16,22H,1-3,5,7-9,11,13H2/t15-,16-/m0/s1. The Balaban J connectivity index is 1.42. The summed E-state index contributed by atoms with van der Waals surface area (Å²) in [4.78, 5) is 6.91. The lowest BCUT2D eigenvalue weighted by Crippen LogP contribution is -2.35. The second-order valence-corrected chi connectivity index (χ2v) is 7.17. The largest absolute Gasteiger partial charge is 0.467 e. The van der Waals surface area contributed by atoms with E-state index in [2.05, 4.69) is 9.88 Å². The highest BCUT2D eigenvalue weighted by Crippen LogP contribution is 2.40. The van der Waals surface area contributed by atoms with Crippen molar-refractivity contribution in [2.75, 3.05) is 6.54 Å². The van der Waals surface area contributed by atoms with E-state index in [1.807, 2.05) is 18.3 Å². The maximum Gasteiger partial charge on any atom is 0.208 e. The number of rotatable bonds is 6. The molecule has 130 valence electrons. The van der Waals surface area contributed by atoms with Crippen LogP contribution >= 0.6 is 0 Å². The maximum absolute atomic E-state index is 10.5. The third kappa shape index (κ3) is 3.73. The van der Waals surface area contributed by atoms with E-state index in [-0.39, 0.29) is 0 Å². The van der Waals surface area contributed by atoms with Crippen LogP contribution in [0.25, 0.3) is 0 Å². The molecule has 2 aliphatic rings. The molecule has 0 aromatic carbocycles. The Morgan fingerprint density at radius 2 is 2.17 bits per heavy atom. The molecule has 1 aliphatic heterocycles. The fourth-order valence-corrected chi connectivity index (χ4v) is 3.69. The molecular formula is C19H26N2O3. The van der Waals surface area contributed by atoms with E-state index in [1.165, 1.54) is 32.1 Å². The summed E-state index contributed by atoms with van der Waals surface area (Å²) >= 11 is 0. The van der Waals surface area contributed by atoms with Gasteiger partial charge in [0.1, 0.15) is 17.6 Å². The van der Waals surface area contributed by atoms with Crippen molar-refractivity contribution >= 4 is 0 Å². The summed E-state index contributed by atoms with van der Waals surface area (Å²) in [5.41, 5.74) is 0. The molecule has 3 heterocycles. The van der Waals surface area contributed by atoms with Gasteiger partial charge in [-0.2, -0.15) is 0 Å². The topological polar surface area (TPSA) is 62.6 Å². The monoisotopic (exact) mass is 330 g/mol. The Kier molecular flexibility index (Phi) is 4.72. The molecule has 1 saturated carbocycles. The van der Waals surface area contributed by atoms with Crippen LogP contribution in [0.1, 0.15) is 74.4 Å². The SMILES string of the molecule is O[C@@H](C[C@@H]1CCCCCN1Cc1ncc(C2CC2)o1)c1ccco1. The van der Waals surface area contributed by atoms with Crippen molar-refractivity contribution in [3.8, 4) is 0 Å². The molecular weight excluding hydrogens is 304 g/mol. The first-order chi connectivity index (χ1) is 11.8. The maximum atomic E-state index is 10.5. The van der Waals surface area contributed by atoms with Crippen LogP contribution < -0.4 is 0 Å². The first kappa shape index (κ1) is 15.9. The van der Waals surface area contributed by atoms with Gasteiger partial charge in [-0.15, -0.1) is 0 Å². The fraction of sp³-hybridized carbons (Fsp3) is 0.632. The van der Waals surface area contributed by atoms with Gasteiger partial charge in [0.2, 0.25) is 5.89 Å². The summed E-state index contributed by atoms with van der Waals surface area (Å²) in [6.07, 6.45) is 10.9. The molecule has 0 amide bonds. The molecule has 2 atom stereocenters. The highest BCUT2D eigenvalue weighted by molar-refractivity contribution is 5.08. The molecule has 24 heavy (non-hydrogen) atoms. The average molecular weight is 330 g/mol. The van der Waals surface area contributed by atoms with Gasteiger partial charge in [0.15, 0.2) is 0 Å². The number of oxazole rings is 1. The van der Waals surface area contributed by atoms with Crippen LogP contribution in [0.2, 0.25) is 0 Å². The van der Waals surface area contributed by atoms with Gasteiger partial charge in [-0.1, -0.05) is 12.8 Å². The second-order valence-electron chi connectivity index (χ2n) is 7.17. The van der Waals surface area contributed by atoms with Crippen molar-refractivity contribution in [3.63, 3.8) is 0 Å². The molecule has 4 rings (SSSR count). The lowest BCUT2D eigenvalue weighted by Gasteiger charge is -2.30.